The van der Waals surface area contributed by atoms with Gasteiger partial charge in [0.1, 0.15) is 12.1 Å². The number of carboxylic acids is 1. The van der Waals surface area contributed by atoms with Crippen LogP contribution in [0.15, 0.2) is 24.3 Å². The molecule has 1 heterocycles. The maximum Gasteiger partial charge on any atom is 0.326 e. The van der Waals surface area contributed by atoms with Crippen molar-refractivity contribution in [3.8, 4) is 0 Å². The highest BCUT2D eigenvalue weighted by Gasteiger charge is 2.30. The average molecular weight is 276 g/mol. The fraction of sp³-hybridized carbons (Fsp3) is 0.467. The third-order valence-electron chi connectivity index (χ3n) is 3.60. The van der Waals surface area contributed by atoms with Gasteiger partial charge in [0.05, 0.1) is 0 Å². The Balaban J connectivity index is 2.16. The smallest absolute Gasteiger partial charge is 0.326 e. The summed E-state index contributed by atoms with van der Waals surface area (Å²) in [7, 11) is 0. The van der Waals surface area contributed by atoms with Gasteiger partial charge in [-0.05, 0) is 23.5 Å². The molecular formula is C15H20N2O3. The summed E-state index contributed by atoms with van der Waals surface area (Å²) < 4.78 is 0. The lowest BCUT2D eigenvalue weighted by Crippen LogP contribution is -2.49. The topological polar surface area (TPSA) is 78.4 Å². The van der Waals surface area contributed by atoms with Crippen LogP contribution in [0.3, 0.4) is 0 Å². The minimum Gasteiger partial charge on any atom is -0.480 e. The molecule has 1 aliphatic heterocycles. The minimum atomic E-state index is -1.00. The Morgan fingerprint density at radius 3 is 2.70 bits per heavy atom. The summed E-state index contributed by atoms with van der Waals surface area (Å²) in [6, 6.07) is 6.43. The number of rotatable bonds is 4. The first-order chi connectivity index (χ1) is 9.50. The van der Waals surface area contributed by atoms with Crippen LogP contribution in [0, 0.1) is 5.92 Å². The molecule has 0 spiro atoms. The van der Waals surface area contributed by atoms with E-state index in [1.807, 2.05) is 24.3 Å². The van der Waals surface area contributed by atoms with Crippen LogP contribution in [0.1, 0.15) is 31.0 Å². The molecule has 5 heteroatoms. The summed E-state index contributed by atoms with van der Waals surface area (Å²) >= 11 is 0. The van der Waals surface area contributed by atoms with Crippen LogP contribution in [-0.2, 0) is 16.0 Å². The highest BCUT2D eigenvalue weighted by atomic mass is 16.4. The van der Waals surface area contributed by atoms with Gasteiger partial charge in [0.2, 0.25) is 5.91 Å². The van der Waals surface area contributed by atoms with Crippen LogP contribution >= 0.6 is 0 Å². The molecule has 0 saturated heterocycles. The number of amides is 1. The molecule has 1 unspecified atom stereocenters. The molecule has 0 aliphatic carbocycles. The molecule has 0 radical (unpaired) electrons. The lowest BCUT2D eigenvalue weighted by Gasteiger charge is -2.28. The largest absolute Gasteiger partial charge is 0.480 e. The summed E-state index contributed by atoms with van der Waals surface area (Å²) in [6.45, 7) is 4.27. The van der Waals surface area contributed by atoms with Gasteiger partial charge in [0.15, 0.2) is 0 Å². The van der Waals surface area contributed by atoms with E-state index in [1.54, 1.807) is 13.8 Å². The van der Waals surface area contributed by atoms with Gasteiger partial charge in [-0.3, -0.25) is 4.79 Å². The number of carbonyl (C=O) groups is 2. The van der Waals surface area contributed by atoms with Gasteiger partial charge >= 0.3 is 5.97 Å². The second-order valence-corrected chi connectivity index (χ2v) is 5.40. The molecule has 1 amide bonds. The van der Waals surface area contributed by atoms with Gasteiger partial charge in [0, 0.05) is 6.54 Å². The summed E-state index contributed by atoms with van der Waals surface area (Å²) in [6.07, 6.45) is 0.881. The molecule has 0 fully saturated rings. The first-order valence-corrected chi connectivity index (χ1v) is 6.85. The number of carboxylic acid groups (broad SMARTS) is 1. The first-order valence-electron chi connectivity index (χ1n) is 6.85. The van der Waals surface area contributed by atoms with Gasteiger partial charge < -0.3 is 15.7 Å². The number of fused-ring (bicyclic) bond motifs is 1. The molecule has 20 heavy (non-hydrogen) atoms. The third-order valence-corrected chi connectivity index (χ3v) is 3.60. The zero-order valence-corrected chi connectivity index (χ0v) is 11.7. The molecule has 1 aromatic carbocycles. The molecule has 1 aliphatic rings. The third kappa shape index (κ3) is 2.99. The van der Waals surface area contributed by atoms with Crippen molar-refractivity contribution in [1.29, 1.82) is 0 Å². The molecule has 0 bridgehead atoms. The van der Waals surface area contributed by atoms with Crippen molar-refractivity contribution in [2.45, 2.75) is 32.4 Å². The Kier molecular flexibility index (Phi) is 4.39. The standard InChI is InChI=1S/C15H20N2O3/c1-9(2)12(15(19)20)17-14(18)13-11-6-4-3-5-10(11)7-8-16-13/h3-6,9,12-13,16H,7-8H2,1-2H3,(H,17,18)(H,19,20)/t12-,13?/m1/s1. The summed E-state index contributed by atoms with van der Waals surface area (Å²) in [5, 5.41) is 14.9. The van der Waals surface area contributed by atoms with E-state index < -0.39 is 18.1 Å². The maximum atomic E-state index is 12.3. The van der Waals surface area contributed by atoms with Crippen LogP contribution in [0.2, 0.25) is 0 Å². The van der Waals surface area contributed by atoms with E-state index in [9.17, 15) is 9.59 Å². The molecule has 5 nitrogen and oxygen atoms in total. The average Bonchev–Trinajstić information content (AvgIpc) is 2.43. The second kappa shape index (κ2) is 6.05. The Morgan fingerprint density at radius 2 is 2.05 bits per heavy atom. The molecule has 2 rings (SSSR count). The number of nitrogens with one attached hydrogen (secondary N) is 2. The molecule has 3 N–H and O–H groups in total. The molecule has 0 saturated carbocycles. The van der Waals surface area contributed by atoms with Gasteiger partial charge in [0.25, 0.3) is 0 Å². The van der Waals surface area contributed by atoms with E-state index in [2.05, 4.69) is 10.6 Å². The van der Waals surface area contributed by atoms with Gasteiger partial charge in [-0.25, -0.2) is 4.79 Å². The number of hydrogen-bond acceptors (Lipinski definition) is 3. The molecule has 0 aromatic heterocycles. The molecule has 2 atom stereocenters. The van der Waals surface area contributed by atoms with Crippen LogP contribution in [0.25, 0.3) is 0 Å². The minimum absolute atomic E-state index is 0.157. The fourth-order valence-corrected chi connectivity index (χ4v) is 2.49. The molecule has 108 valence electrons. The van der Waals surface area contributed by atoms with E-state index in [1.165, 1.54) is 0 Å². The van der Waals surface area contributed by atoms with Crippen molar-refractivity contribution in [3.63, 3.8) is 0 Å². The number of carbonyl (C=O) groups excluding carboxylic acids is 1. The summed E-state index contributed by atoms with van der Waals surface area (Å²) in [5.74, 6) is -1.44. The van der Waals surface area contributed by atoms with Crippen molar-refractivity contribution in [1.82, 2.24) is 10.6 Å². The lowest BCUT2D eigenvalue weighted by atomic mass is 9.93. The number of benzene rings is 1. The van der Waals surface area contributed by atoms with E-state index in [4.69, 9.17) is 5.11 Å². The predicted octanol–water partition coefficient (Wildman–Crippen LogP) is 1.10. The zero-order valence-electron chi connectivity index (χ0n) is 11.7. The van der Waals surface area contributed by atoms with E-state index >= 15 is 0 Å². The van der Waals surface area contributed by atoms with Crippen LogP contribution in [0.4, 0.5) is 0 Å². The predicted molar refractivity (Wildman–Crippen MR) is 75.3 cm³/mol. The van der Waals surface area contributed by atoms with Gasteiger partial charge in [-0.1, -0.05) is 38.1 Å². The number of hydrogen-bond donors (Lipinski definition) is 3. The molecule has 1 aromatic rings. The van der Waals surface area contributed by atoms with Crippen molar-refractivity contribution >= 4 is 11.9 Å². The van der Waals surface area contributed by atoms with Crippen molar-refractivity contribution in [2.75, 3.05) is 6.54 Å². The number of aliphatic carboxylic acids is 1. The molecular weight excluding hydrogens is 256 g/mol. The van der Waals surface area contributed by atoms with Crippen LogP contribution < -0.4 is 10.6 Å². The quantitative estimate of drug-likeness (QED) is 0.769. The Morgan fingerprint density at radius 1 is 1.35 bits per heavy atom. The van der Waals surface area contributed by atoms with Crippen molar-refractivity contribution in [2.24, 2.45) is 5.92 Å². The Bertz CT molecular complexity index is 514. The monoisotopic (exact) mass is 276 g/mol. The van der Waals surface area contributed by atoms with Gasteiger partial charge in [-0.2, -0.15) is 0 Å². The van der Waals surface area contributed by atoms with Crippen molar-refractivity contribution < 1.29 is 14.7 Å². The maximum absolute atomic E-state index is 12.3. The van der Waals surface area contributed by atoms with E-state index in [-0.39, 0.29) is 11.8 Å². The first kappa shape index (κ1) is 14.5. The van der Waals surface area contributed by atoms with E-state index in [0.717, 1.165) is 17.5 Å². The normalized spacial score (nSPS) is 19.2. The van der Waals surface area contributed by atoms with Crippen molar-refractivity contribution in [3.05, 3.63) is 35.4 Å². The Labute approximate surface area is 118 Å². The zero-order chi connectivity index (χ0) is 14.7. The van der Waals surface area contributed by atoms with Gasteiger partial charge in [-0.15, -0.1) is 0 Å². The summed E-state index contributed by atoms with van der Waals surface area (Å²) in [4.78, 5) is 23.5. The van der Waals surface area contributed by atoms with Crippen LogP contribution in [0.5, 0.6) is 0 Å². The fourth-order valence-electron chi connectivity index (χ4n) is 2.49. The van der Waals surface area contributed by atoms with E-state index in [0.29, 0.717) is 6.54 Å². The lowest BCUT2D eigenvalue weighted by molar-refractivity contribution is -0.143. The van der Waals surface area contributed by atoms with Crippen LogP contribution in [-0.4, -0.2) is 29.6 Å². The SMILES string of the molecule is CC(C)[C@@H](NC(=O)C1NCCc2ccccc21)C(=O)O. The Hall–Kier alpha value is -1.88. The summed E-state index contributed by atoms with van der Waals surface area (Å²) in [5.41, 5.74) is 2.08. The highest BCUT2D eigenvalue weighted by molar-refractivity contribution is 5.88. The second-order valence-electron chi connectivity index (χ2n) is 5.40. The highest BCUT2D eigenvalue weighted by Crippen LogP contribution is 2.23.